The van der Waals surface area contributed by atoms with Crippen LogP contribution in [0.1, 0.15) is 18.9 Å². The lowest BCUT2D eigenvalue weighted by Gasteiger charge is -2.23. The lowest BCUT2D eigenvalue weighted by Crippen LogP contribution is -2.42. The SMILES string of the molecule is CC1CCN(S(=O)(=O)c2ccc3c(c2)CCO3)C1C(=O)O. The second-order valence-corrected chi connectivity index (χ2v) is 7.42. The first-order chi connectivity index (χ1) is 9.91. The molecule has 1 aromatic carbocycles. The van der Waals surface area contributed by atoms with Crippen LogP contribution < -0.4 is 4.74 Å². The van der Waals surface area contributed by atoms with E-state index in [2.05, 4.69) is 0 Å². The van der Waals surface area contributed by atoms with E-state index in [9.17, 15) is 18.3 Å². The minimum Gasteiger partial charge on any atom is -0.493 e. The summed E-state index contributed by atoms with van der Waals surface area (Å²) in [6.07, 6.45) is 1.24. The van der Waals surface area contributed by atoms with Crippen molar-refractivity contribution in [3.8, 4) is 5.75 Å². The third kappa shape index (κ3) is 2.30. The molecule has 2 aliphatic heterocycles. The number of rotatable bonds is 3. The molecule has 2 unspecified atom stereocenters. The Morgan fingerprint density at radius 2 is 2.19 bits per heavy atom. The van der Waals surface area contributed by atoms with Gasteiger partial charge in [-0.25, -0.2) is 8.42 Å². The average Bonchev–Trinajstić information content (AvgIpc) is 3.03. The standard InChI is InChI=1S/C14H17NO5S/c1-9-4-6-15(13(9)14(16)17)21(18,19)11-2-3-12-10(8-11)5-7-20-12/h2-3,8-9,13H,4-7H2,1H3,(H,16,17). The summed E-state index contributed by atoms with van der Waals surface area (Å²) in [7, 11) is -3.79. The minimum absolute atomic E-state index is 0.145. The van der Waals surface area contributed by atoms with E-state index >= 15 is 0 Å². The Morgan fingerprint density at radius 1 is 1.43 bits per heavy atom. The fraction of sp³-hybridized carbons (Fsp3) is 0.500. The summed E-state index contributed by atoms with van der Waals surface area (Å²) >= 11 is 0. The van der Waals surface area contributed by atoms with E-state index in [-0.39, 0.29) is 17.4 Å². The van der Waals surface area contributed by atoms with Crippen LogP contribution in [0.2, 0.25) is 0 Å². The highest BCUT2D eigenvalue weighted by molar-refractivity contribution is 7.89. The van der Waals surface area contributed by atoms with E-state index in [0.29, 0.717) is 25.2 Å². The highest BCUT2D eigenvalue weighted by atomic mass is 32.2. The number of carbonyl (C=O) groups is 1. The smallest absolute Gasteiger partial charge is 0.322 e. The molecule has 6 nitrogen and oxygen atoms in total. The van der Waals surface area contributed by atoms with Gasteiger partial charge in [0.1, 0.15) is 11.8 Å². The molecule has 0 aliphatic carbocycles. The monoisotopic (exact) mass is 311 g/mol. The number of hydrogen-bond donors (Lipinski definition) is 1. The third-order valence-electron chi connectivity index (χ3n) is 4.17. The van der Waals surface area contributed by atoms with Crippen molar-refractivity contribution in [3.63, 3.8) is 0 Å². The van der Waals surface area contributed by atoms with E-state index in [1.807, 2.05) is 0 Å². The van der Waals surface area contributed by atoms with Crippen molar-refractivity contribution in [3.05, 3.63) is 23.8 Å². The molecule has 1 aromatic rings. The number of carboxylic acids is 1. The first-order valence-electron chi connectivity index (χ1n) is 6.91. The normalized spacial score (nSPS) is 25.6. The van der Waals surface area contributed by atoms with Crippen LogP contribution in [0.5, 0.6) is 5.75 Å². The van der Waals surface area contributed by atoms with Crippen molar-refractivity contribution in [2.45, 2.75) is 30.7 Å². The fourth-order valence-electron chi connectivity index (χ4n) is 3.01. The zero-order valence-corrected chi connectivity index (χ0v) is 12.5. The summed E-state index contributed by atoms with van der Waals surface area (Å²) in [4.78, 5) is 11.5. The van der Waals surface area contributed by atoms with Crippen molar-refractivity contribution in [1.29, 1.82) is 0 Å². The van der Waals surface area contributed by atoms with Gasteiger partial charge in [0.15, 0.2) is 0 Å². The maximum Gasteiger partial charge on any atom is 0.322 e. The van der Waals surface area contributed by atoms with Crippen LogP contribution in [0, 0.1) is 5.92 Å². The maximum absolute atomic E-state index is 12.7. The molecule has 2 atom stereocenters. The molecule has 7 heteroatoms. The van der Waals surface area contributed by atoms with Crippen LogP contribution in [0.15, 0.2) is 23.1 Å². The molecule has 0 amide bonds. The molecule has 21 heavy (non-hydrogen) atoms. The van der Waals surface area contributed by atoms with Crippen molar-refractivity contribution in [1.82, 2.24) is 4.31 Å². The Hall–Kier alpha value is -1.60. The Balaban J connectivity index is 1.99. The number of carboxylic acid groups (broad SMARTS) is 1. The molecule has 0 aromatic heterocycles. The number of benzene rings is 1. The number of nitrogens with zero attached hydrogens (tertiary/aromatic N) is 1. The van der Waals surface area contributed by atoms with Crippen LogP contribution >= 0.6 is 0 Å². The lowest BCUT2D eigenvalue weighted by atomic mass is 10.0. The zero-order chi connectivity index (χ0) is 15.2. The van der Waals surface area contributed by atoms with Crippen LogP contribution in [0.3, 0.4) is 0 Å². The van der Waals surface area contributed by atoms with Crippen molar-refractivity contribution in [2.75, 3.05) is 13.2 Å². The topological polar surface area (TPSA) is 83.9 Å². The third-order valence-corrected chi connectivity index (χ3v) is 6.05. The van der Waals surface area contributed by atoms with Gasteiger partial charge in [0.05, 0.1) is 11.5 Å². The van der Waals surface area contributed by atoms with Gasteiger partial charge >= 0.3 is 5.97 Å². The van der Waals surface area contributed by atoms with Gasteiger partial charge in [-0.15, -0.1) is 0 Å². The Labute approximate surface area is 123 Å². The predicted octanol–water partition coefficient (Wildman–Crippen LogP) is 1.11. The summed E-state index contributed by atoms with van der Waals surface area (Å²) < 4.78 is 31.9. The van der Waals surface area contributed by atoms with Gasteiger partial charge < -0.3 is 9.84 Å². The van der Waals surface area contributed by atoms with Crippen molar-refractivity contribution in [2.24, 2.45) is 5.92 Å². The maximum atomic E-state index is 12.7. The van der Waals surface area contributed by atoms with E-state index in [1.165, 1.54) is 6.07 Å². The van der Waals surface area contributed by atoms with Gasteiger partial charge in [0, 0.05) is 13.0 Å². The molecule has 1 fully saturated rings. The molecule has 3 rings (SSSR count). The first kappa shape index (κ1) is 14.3. The van der Waals surface area contributed by atoms with E-state index in [0.717, 1.165) is 9.87 Å². The van der Waals surface area contributed by atoms with E-state index in [1.54, 1.807) is 19.1 Å². The largest absolute Gasteiger partial charge is 0.493 e. The number of aliphatic carboxylic acids is 1. The van der Waals surface area contributed by atoms with Gasteiger partial charge in [0.25, 0.3) is 0 Å². The van der Waals surface area contributed by atoms with Gasteiger partial charge in [-0.05, 0) is 36.1 Å². The zero-order valence-electron chi connectivity index (χ0n) is 11.7. The average molecular weight is 311 g/mol. The number of ether oxygens (including phenoxy) is 1. The molecule has 0 bridgehead atoms. The highest BCUT2D eigenvalue weighted by Gasteiger charge is 2.44. The quantitative estimate of drug-likeness (QED) is 0.904. The molecular formula is C14H17NO5S. The summed E-state index contributed by atoms with van der Waals surface area (Å²) in [6.45, 7) is 2.57. The summed E-state index contributed by atoms with van der Waals surface area (Å²) in [5.74, 6) is -0.568. The summed E-state index contributed by atoms with van der Waals surface area (Å²) in [5, 5.41) is 9.29. The molecule has 0 radical (unpaired) electrons. The molecular weight excluding hydrogens is 294 g/mol. The summed E-state index contributed by atoms with van der Waals surface area (Å²) in [6, 6.07) is 3.74. The van der Waals surface area contributed by atoms with Gasteiger partial charge in [0.2, 0.25) is 10.0 Å². The Morgan fingerprint density at radius 3 is 2.90 bits per heavy atom. The Bertz CT molecular complexity index is 685. The van der Waals surface area contributed by atoms with Crippen LogP contribution in [0.4, 0.5) is 0 Å². The van der Waals surface area contributed by atoms with Gasteiger partial charge in [-0.1, -0.05) is 6.92 Å². The molecule has 0 saturated carbocycles. The van der Waals surface area contributed by atoms with Crippen LogP contribution in [-0.4, -0.2) is 43.0 Å². The molecule has 1 N–H and O–H groups in total. The predicted molar refractivity (Wildman–Crippen MR) is 74.7 cm³/mol. The van der Waals surface area contributed by atoms with Crippen molar-refractivity contribution >= 4 is 16.0 Å². The van der Waals surface area contributed by atoms with Gasteiger partial charge in [-0.2, -0.15) is 4.31 Å². The summed E-state index contributed by atoms with van der Waals surface area (Å²) in [5.41, 5.74) is 0.857. The fourth-order valence-corrected chi connectivity index (χ4v) is 4.75. The number of hydrogen-bond acceptors (Lipinski definition) is 4. The highest BCUT2D eigenvalue weighted by Crippen LogP contribution is 2.33. The number of fused-ring (bicyclic) bond motifs is 1. The second-order valence-electron chi connectivity index (χ2n) is 5.53. The number of sulfonamides is 1. The van der Waals surface area contributed by atoms with Crippen molar-refractivity contribution < 1.29 is 23.1 Å². The van der Waals surface area contributed by atoms with Gasteiger partial charge in [-0.3, -0.25) is 4.79 Å². The van der Waals surface area contributed by atoms with E-state index < -0.39 is 22.0 Å². The van der Waals surface area contributed by atoms with E-state index in [4.69, 9.17) is 4.74 Å². The van der Waals surface area contributed by atoms with Crippen LogP contribution in [-0.2, 0) is 21.2 Å². The van der Waals surface area contributed by atoms with Crippen LogP contribution in [0.25, 0.3) is 0 Å². The lowest BCUT2D eigenvalue weighted by molar-refractivity contribution is -0.141. The second kappa shape index (κ2) is 4.99. The molecule has 114 valence electrons. The molecule has 2 heterocycles. The molecule has 2 aliphatic rings. The Kier molecular flexibility index (Phi) is 3.41. The molecule has 1 saturated heterocycles. The molecule has 0 spiro atoms. The minimum atomic E-state index is -3.79. The first-order valence-corrected chi connectivity index (χ1v) is 8.35.